The summed E-state index contributed by atoms with van der Waals surface area (Å²) in [5.74, 6) is 1.38. The third-order valence-corrected chi connectivity index (χ3v) is 5.50. The third kappa shape index (κ3) is 5.15. The minimum Gasteiger partial charge on any atom is -0.492 e. The second-order valence-corrected chi connectivity index (χ2v) is 9.35. The number of pyridine rings is 2. The van der Waals surface area contributed by atoms with Crippen LogP contribution in [0.1, 0.15) is 27.7 Å². The number of amides is 1. The highest BCUT2D eigenvalue weighted by atomic mass is 35.5. The average Bonchev–Trinajstić information content (AvgIpc) is 3.29. The number of alkyl carbamates (subject to hydrolysis) is 1. The van der Waals surface area contributed by atoms with Crippen molar-refractivity contribution in [3.8, 4) is 16.9 Å². The number of aromatic nitrogens is 3. The third-order valence-electron chi connectivity index (χ3n) is 5.23. The predicted octanol–water partition coefficient (Wildman–Crippen LogP) is 3.52. The molecule has 1 fully saturated rings. The van der Waals surface area contributed by atoms with E-state index in [0.717, 1.165) is 16.6 Å². The van der Waals surface area contributed by atoms with E-state index in [1.165, 1.54) is 0 Å². The Labute approximate surface area is 197 Å². The summed E-state index contributed by atoms with van der Waals surface area (Å²) in [6.07, 6.45) is 3.87. The van der Waals surface area contributed by atoms with Gasteiger partial charge in [0.15, 0.2) is 0 Å². The number of carbonyl (C=O) groups is 1. The highest BCUT2D eigenvalue weighted by molar-refractivity contribution is 6.34. The number of aliphatic hydroxyl groups is 1. The molecule has 0 bridgehead atoms. The molecular weight excluding hydrogens is 446 g/mol. The lowest BCUT2D eigenvalue weighted by molar-refractivity contribution is 0.0461. The minimum absolute atomic E-state index is 0.353. The van der Waals surface area contributed by atoms with Crippen molar-refractivity contribution >= 4 is 29.0 Å². The Bertz CT molecular complexity index is 1140. The summed E-state index contributed by atoms with van der Waals surface area (Å²) in [6, 6.07) is 5.29. The van der Waals surface area contributed by atoms with Crippen LogP contribution in [0.4, 0.5) is 10.6 Å². The summed E-state index contributed by atoms with van der Waals surface area (Å²) in [4.78, 5) is 18.6. The van der Waals surface area contributed by atoms with Crippen molar-refractivity contribution in [1.82, 2.24) is 19.9 Å². The molecule has 0 spiro atoms. The van der Waals surface area contributed by atoms with E-state index in [9.17, 15) is 9.90 Å². The highest BCUT2D eigenvalue weighted by Gasteiger charge is 2.34. The number of halogens is 1. The fraction of sp³-hybridized carbons (Fsp3) is 0.435. The Hall–Kier alpha value is -3.04. The van der Waals surface area contributed by atoms with Crippen molar-refractivity contribution in [3.63, 3.8) is 0 Å². The van der Waals surface area contributed by atoms with Crippen molar-refractivity contribution in [2.45, 2.75) is 45.4 Å². The van der Waals surface area contributed by atoms with Gasteiger partial charge in [0.25, 0.3) is 0 Å². The second-order valence-electron chi connectivity index (χ2n) is 8.94. The molecule has 0 saturated carbocycles. The van der Waals surface area contributed by atoms with Crippen LogP contribution < -0.4 is 15.0 Å². The SMILES string of the molecule is CCOc1cc(-c2ccc(N3C[C@@H](O)[C@@H](NC(=O)OC(C)(C)C)C3)nc2)c2c(Cl)cnn2c1. The Morgan fingerprint density at radius 3 is 2.76 bits per heavy atom. The lowest BCUT2D eigenvalue weighted by Crippen LogP contribution is -2.45. The molecule has 10 heteroatoms. The number of nitrogens with zero attached hydrogens (tertiary/aromatic N) is 4. The van der Waals surface area contributed by atoms with E-state index in [2.05, 4.69) is 15.4 Å². The molecule has 3 aromatic heterocycles. The molecule has 0 radical (unpaired) electrons. The van der Waals surface area contributed by atoms with Crippen molar-refractivity contribution < 1.29 is 19.4 Å². The highest BCUT2D eigenvalue weighted by Crippen LogP contribution is 2.33. The van der Waals surface area contributed by atoms with Crippen LogP contribution in [0.2, 0.25) is 5.02 Å². The summed E-state index contributed by atoms with van der Waals surface area (Å²) in [7, 11) is 0. The fourth-order valence-electron chi connectivity index (χ4n) is 3.83. The van der Waals surface area contributed by atoms with Gasteiger partial charge in [-0.05, 0) is 45.9 Å². The number of rotatable bonds is 5. The van der Waals surface area contributed by atoms with Gasteiger partial charge >= 0.3 is 6.09 Å². The molecule has 9 nitrogen and oxygen atoms in total. The standard InChI is InChI=1S/C23H28ClN5O4/c1-5-32-15-8-16(21-17(24)10-26-29(21)11-15)14-6-7-20(25-9-14)28-12-18(19(30)13-28)27-22(31)33-23(2,3)4/h6-11,18-19,30H,5,12-13H2,1-4H3,(H,27,31)/t18-,19+/m0/s1. The van der Waals surface area contributed by atoms with E-state index in [1.807, 2.05) is 30.0 Å². The van der Waals surface area contributed by atoms with E-state index in [4.69, 9.17) is 21.1 Å². The molecule has 4 heterocycles. The number of anilines is 1. The maximum absolute atomic E-state index is 12.1. The number of β-amino-alcohol motifs (C(OH)–C–C–N with tert-alkyl or cyclic N) is 1. The monoisotopic (exact) mass is 473 g/mol. The van der Waals surface area contributed by atoms with Crippen LogP contribution in [0.5, 0.6) is 5.75 Å². The van der Waals surface area contributed by atoms with Gasteiger partial charge in [-0.15, -0.1) is 0 Å². The summed E-state index contributed by atoms with van der Waals surface area (Å²) < 4.78 is 12.7. The van der Waals surface area contributed by atoms with E-state index in [0.29, 0.717) is 36.3 Å². The summed E-state index contributed by atoms with van der Waals surface area (Å²) in [6.45, 7) is 8.62. The number of fused-ring (bicyclic) bond motifs is 1. The molecule has 3 aromatic rings. The predicted molar refractivity (Wildman–Crippen MR) is 126 cm³/mol. The van der Waals surface area contributed by atoms with Gasteiger partial charge in [0.1, 0.15) is 17.2 Å². The topological polar surface area (TPSA) is 101 Å². The molecule has 0 unspecified atom stereocenters. The molecule has 1 aliphatic heterocycles. The van der Waals surface area contributed by atoms with Crippen molar-refractivity contribution in [3.05, 3.63) is 41.8 Å². The van der Waals surface area contributed by atoms with Crippen LogP contribution in [0.3, 0.4) is 0 Å². The number of ether oxygens (including phenoxy) is 2. The Morgan fingerprint density at radius 1 is 1.30 bits per heavy atom. The van der Waals surface area contributed by atoms with Gasteiger partial charge in [-0.3, -0.25) is 0 Å². The minimum atomic E-state index is -0.730. The Balaban J connectivity index is 1.53. The van der Waals surface area contributed by atoms with Gasteiger partial charge in [-0.1, -0.05) is 11.6 Å². The first-order chi connectivity index (χ1) is 15.6. The normalized spacial score (nSPS) is 18.5. The molecule has 1 aliphatic rings. The second kappa shape index (κ2) is 9.07. The molecule has 2 atom stereocenters. The average molecular weight is 474 g/mol. The lowest BCUT2D eigenvalue weighted by Gasteiger charge is -2.22. The summed E-state index contributed by atoms with van der Waals surface area (Å²) >= 11 is 6.38. The van der Waals surface area contributed by atoms with Gasteiger partial charge in [0, 0.05) is 30.4 Å². The molecule has 2 N–H and O–H groups in total. The maximum Gasteiger partial charge on any atom is 0.408 e. The van der Waals surface area contributed by atoms with E-state index in [-0.39, 0.29) is 0 Å². The molecule has 1 amide bonds. The van der Waals surface area contributed by atoms with Crippen LogP contribution in [0.15, 0.2) is 36.8 Å². The number of hydrogen-bond acceptors (Lipinski definition) is 7. The van der Waals surface area contributed by atoms with Crippen molar-refractivity contribution in [2.75, 3.05) is 24.6 Å². The number of hydrogen-bond donors (Lipinski definition) is 2. The first-order valence-corrected chi connectivity index (χ1v) is 11.2. The summed E-state index contributed by atoms with van der Waals surface area (Å²) in [5.41, 5.74) is 1.88. The zero-order valence-corrected chi connectivity index (χ0v) is 19.8. The van der Waals surface area contributed by atoms with Crippen LogP contribution >= 0.6 is 11.6 Å². The maximum atomic E-state index is 12.1. The summed E-state index contributed by atoms with van der Waals surface area (Å²) in [5, 5.41) is 18.0. The van der Waals surface area contributed by atoms with Crippen LogP contribution in [-0.4, -0.2) is 63.2 Å². The van der Waals surface area contributed by atoms with E-state index >= 15 is 0 Å². The van der Waals surface area contributed by atoms with Gasteiger partial charge in [-0.25, -0.2) is 14.3 Å². The Kier molecular flexibility index (Phi) is 6.36. The van der Waals surface area contributed by atoms with Gasteiger partial charge in [-0.2, -0.15) is 5.10 Å². The number of aliphatic hydroxyl groups excluding tert-OH is 1. The quantitative estimate of drug-likeness (QED) is 0.584. The van der Waals surface area contributed by atoms with Crippen LogP contribution in [0, 0.1) is 0 Å². The largest absolute Gasteiger partial charge is 0.492 e. The van der Waals surface area contributed by atoms with E-state index < -0.39 is 23.8 Å². The van der Waals surface area contributed by atoms with Gasteiger partial charge < -0.3 is 24.8 Å². The molecule has 0 aliphatic carbocycles. The Morgan fingerprint density at radius 2 is 2.09 bits per heavy atom. The molecular formula is C23H28ClN5O4. The molecule has 0 aromatic carbocycles. The fourth-order valence-corrected chi connectivity index (χ4v) is 4.06. The first-order valence-electron chi connectivity index (χ1n) is 10.8. The lowest BCUT2D eigenvalue weighted by atomic mass is 10.1. The zero-order chi connectivity index (χ0) is 23.8. The molecule has 176 valence electrons. The van der Waals surface area contributed by atoms with Crippen molar-refractivity contribution in [1.29, 1.82) is 0 Å². The molecule has 33 heavy (non-hydrogen) atoms. The zero-order valence-electron chi connectivity index (χ0n) is 19.1. The van der Waals surface area contributed by atoms with E-state index in [1.54, 1.807) is 43.9 Å². The van der Waals surface area contributed by atoms with Crippen LogP contribution in [-0.2, 0) is 4.74 Å². The van der Waals surface area contributed by atoms with Crippen LogP contribution in [0.25, 0.3) is 16.6 Å². The molecule has 4 rings (SSSR count). The smallest absolute Gasteiger partial charge is 0.408 e. The van der Waals surface area contributed by atoms with Gasteiger partial charge in [0.2, 0.25) is 0 Å². The number of carbonyl (C=O) groups excluding carboxylic acids is 1. The molecule has 1 saturated heterocycles. The number of nitrogens with one attached hydrogen (secondary N) is 1. The van der Waals surface area contributed by atoms with Gasteiger partial charge in [0.05, 0.1) is 41.7 Å². The van der Waals surface area contributed by atoms with Crippen molar-refractivity contribution in [2.24, 2.45) is 0 Å². The first kappa shape index (κ1) is 23.1.